The van der Waals surface area contributed by atoms with Crippen LogP contribution in [-0.2, 0) is 4.79 Å². The van der Waals surface area contributed by atoms with Crippen LogP contribution in [0.3, 0.4) is 0 Å². The van der Waals surface area contributed by atoms with Gasteiger partial charge in [0.25, 0.3) is 0 Å². The molecule has 1 saturated carbocycles. The minimum Gasteiger partial charge on any atom is -0.315 e. The van der Waals surface area contributed by atoms with Gasteiger partial charge >= 0.3 is 0 Å². The zero-order valence-electron chi connectivity index (χ0n) is 10.9. The van der Waals surface area contributed by atoms with Crippen molar-refractivity contribution in [3.8, 4) is 6.07 Å². The van der Waals surface area contributed by atoms with Gasteiger partial charge in [0, 0.05) is 18.2 Å². The minimum atomic E-state index is -0.225. The first kappa shape index (κ1) is 12.6. The highest BCUT2D eigenvalue weighted by molar-refractivity contribution is 5.97. The summed E-state index contributed by atoms with van der Waals surface area (Å²) in [6.45, 7) is 2.05. The molecular formula is C15H18N2O. The zero-order valence-corrected chi connectivity index (χ0v) is 10.9. The maximum absolute atomic E-state index is 12.5. The van der Waals surface area contributed by atoms with Gasteiger partial charge in [-0.05, 0) is 31.0 Å². The summed E-state index contributed by atoms with van der Waals surface area (Å²) in [6.07, 6.45) is 4.20. The molecule has 0 heterocycles. The molecule has 94 valence electrons. The molecule has 1 aromatic carbocycles. The van der Waals surface area contributed by atoms with E-state index in [1.807, 2.05) is 19.1 Å². The van der Waals surface area contributed by atoms with Gasteiger partial charge in [-0.3, -0.25) is 4.79 Å². The second-order valence-corrected chi connectivity index (χ2v) is 5.29. The Balaban J connectivity index is 2.23. The van der Waals surface area contributed by atoms with E-state index in [2.05, 4.69) is 6.07 Å². The van der Waals surface area contributed by atoms with Crippen molar-refractivity contribution >= 4 is 11.6 Å². The molecule has 0 atom stereocenters. The Labute approximate surface area is 108 Å². The smallest absolute Gasteiger partial charge is 0.232 e. The Morgan fingerprint density at radius 1 is 1.39 bits per heavy atom. The van der Waals surface area contributed by atoms with E-state index in [0.717, 1.165) is 31.4 Å². The second-order valence-electron chi connectivity index (χ2n) is 5.29. The number of hydrogen-bond donors (Lipinski definition) is 0. The van der Waals surface area contributed by atoms with Crippen LogP contribution in [0.1, 0.15) is 38.2 Å². The third kappa shape index (κ3) is 2.24. The van der Waals surface area contributed by atoms with Crippen LogP contribution in [0, 0.1) is 16.7 Å². The molecule has 0 aromatic heterocycles. The van der Waals surface area contributed by atoms with Crippen molar-refractivity contribution in [1.29, 1.82) is 5.26 Å². The predicted octanol–water partition coefficient (Wildman–Crippen LogP) is 3.10. The molecule has 0 unspecified atom stereocenters. The molecule has 0 aliphatic heterocycles. The normalized spacial score (nSPS) is 17.2. The first-order chi connectivity index (χ1) is 8.57. The molecule has 1 aliphatic carbocycles. The lowest BCUT2D eigenvalue weighted by Crippen LogP contribution is -2.38. The molecule has 1 aliphatic rings. The fourth-order valence-electron chi connectivity index (χ4n) is 2.68. The van der Waals surface area contributed by atoms with E-state index in [-0.39, 0.29) is 11.3 Å². The van der Waals surface area contributed by atoms with Crippen LogP contribution in [0.5, 0.6) is 0 Å². The number of benzene rings is 1. The molecule has 0 radical (unpaired) electrons. The summed E-state index contributed by atoms with van der Waals surface area (Å²) < 4.78 is 0. The third-order valence-corrected chi connectivity index (χ3v) is 3.89. The highest BCUT2D eigenvalue weighted by Crippen LogP contribution is 2.39. The van der Waals surface area contributed by atoms with E-state index < -0.39 is 0 Å². The van der Waals surface area contributed by atoms with Gasteiger partial charge in [-0.1, -0.05) is 25.8 Å². The summed E-state index contributed by atoms with van der Waals surface area (Å²) in [7, 11) is 1.79. The largest absolute Gasteiger partial charge is 0.315 e. The van der Waals surface area contributed by atoms with E-state index in [0.29, 0.717) is 5.56 Å². The molecule has 3 heteroatoms. The first-order valence-corrected chi connectivity index (χ1v) is 6.35. The van der Waals surface area contributed by atoms with Gasteiger partial charge in [0.15, 0.2) is 0 Å². The molecule has 18 heavy (non-hydrogen) atoms. The number of amides is 1. The van der Waals surface area contributed by atoms with Crippen molar-refractivity contribution in [3.63, 3.8) is 0 Å². The van der Waals surface area contributed by atoms with Gasteiger partial charge in [-0.15, -0.1) is 0 Å². The molecule has 1 fully saturated rings. The van der Waals surface area contributed by atoms with E-state index in [1.165, 1.54) is 0 Å². The lowest BCUT2D eigenvalue weighted by molar-refractivity contribution is -0.126. The van der Waals surface area contributed by atoms with Crippen molar-refractivity contribution in [3.05, 3.63) is 29.8 Å². The Kier molecular flexibility index (Phi) is 3.38. The summed E-state index contributed by atoms with van der Waals surface area (Å²) in [5.41, 5.74) is 1.16. The molecule has 0 spiro atoms. The van der Waals surface area contributed by atoms with Gasteiger partial charge in [0.1, 0.15) is 0 Å². The second kappa shape index (κ2) is 4.81. The minimum absolute atomic E-state index is 0.162. The Morgan fingerprint density at radius 2 is 2.06 bits per heavy atom. The van der Waals surface area contributed by atoms with Crippen molar-refractivity contribution in [2.45, 2.75) is 32.6 Å². The SMILES string of the molecule is CN(C(=O)C1(C)CCCC1)c1cccc(C#N)c1. The summed E-state index contributed by atoms with van der Waals surface area (Å²) in [4.78, 5) is 14.2. The first-order valence-electron chi connectivity index (χ1n) is 6.35. The number of nitriles is 1. The number of carbonyl (C=O) groups excluding carboxylic acids is 1. The van der Waals surface area contributed by atoms with Gasteiger partial charge in [-0.2, -0.15) is 5.26 Å². The van der Waals surface area contributed by atoms with Gasteiger partial charge in [-0.25, -0.2) is 0 Å². The fraction of sp³-hybridized carbons (Fsp3) is 0.467. The lowest BCUT2D eigenvalue weighted by Gasteiger charge is -2.29. The van der Waals surface area contributed by atoms with Crippen LogP contribution < -0.4 is 4.90 Å². The van der Waals surface area contributed by atoms with Crippen molar-refractivity contribution in [2.75, 3.05) is 11.9 Å². The van der Waals surface area contributed by atoms with Crippen LogP contribution in [-0.4, -0.2) is 13.0 Å². The van der Waals surface area contributed by atoms with E-state index in [4.69, 9.17) is 5.26 Å². The molecule has 0 saturated heterocycles. The number of hydrogen-bond acceptors (Lipinski definition) is 2. The maximum atomic E-state index is 12.5. The highest BCUT2D eigenvalue weighted by Gasteiger charge is 2.38. The van der Waals surface area contributed by atoms with E-state index in [9.17, 15) is 4.79 Å². The van der Waals surface area contributed by atoms with Crippen LogP contribution in [0.4, 0.5) is 5.69 Å². The molecule has 0 N–H and O–H groups in total. The Hall–Kier alpha value is -1.82. The molecule has 1 amide bonds. The fourth-order valence-corrected chi connectivity index (χ4v) is 2.68. The maximum Gasteiger partial charge on any atom is 0.232 e. The van der Waals surface area contributed by atoms with Crippen molar-refractivity contribution in [2.24, 2.45) is 5.41 Å². The lowest BCUT2D eigenvalue weighted by atomic mass is 9.87. The third-order valence-electron chi connectivity index (χ3n) is 3.89. The molecule has 2 rings (SSSR count). The number of carbonyl (C=O) groups is 1. The van der Waals surface area contributed by atoms with Crippen LogP contribution in [0.2, 0.25) is 0 Å². The quantitative estimate of drug-likeness (QED) is 0.799. The Morgan fingerprint density at radius 3 is 2.67 bits per heavy atom. The van der Waals surface area contributed by atoms with Gasteiger partial charge < -0.3 is 4.90 Å². The summed E-state index contributed by atoms with van der Waals surface area (Å²) in [5, 5.41) is 8.89. The summed E-state index contributed by atoms with van der Waals surface area (Å²) >= 11 is 0. The topological polar surface area (TPSA) is 44.1 Å². The van der Waals surface area contributed by atoms with Crippen molar-refractivity contribution < 1.29 is 4.79 Å². The van der Waals surface area contributed by atoms with E-state index >= 15 is 0 Å². The monoisotopic (exact) mass is 242 g/mol. The average Bonchev–Trinajstić information content (AvgIpc) is 2.85. The van der Waals surface area contributed by atoms with E-state index in [1.54, 1.807) is 24.1 Å². The molecular weight excluding hydrogens is 224 g/mol. The highest BCUT2D eigenvalue weighted by atomic mass is 16.2. The summed E-state index contributed by atoms with van der Waals surface area (Å²) in [6, 6.07) is 9.30. The average molecular weight is 242 g/mol. The van der Waals surface area contributed by atoms with Gasteiger partial charge in [0.05, 0.1) is 11.6 Å². The summed E-state index contributed by atoms with van der Waals surface area (Å²) in [5.74, 6) is 0.162. The number of rotatable bonds is 2. The predicted molar refractivity (Wildman–Crippen MR) is 71.1 cm³/mol. The molecule has 1 aromatic rings. The van der Waals surface area contributed by atoms with Crippen molar-refractivity contribution in [1.82, 2.24) is 0 Å². The molecule has 0 bridgehead atoms. The number of anilines is 1. The standard InChI is InChI=1S/C15H18N2O/c1-15(8-3-4-9-15)14(18)17(2)13-7-5-6-12(10-13)11-16/h5-7,10H,3-4,8-9H2,1-2H3. The van der Waals surface area contributed by atoms with Crippen LogP contribution >= 0.6 is 0 Å². The number of nitrogens with zero attached hydrogens (tertiary/aromatic N) is 2. The molecule has 3 nitrogen and oxygen atoms in total. The Bertz CT molecular complexity index is 495. The van der Waals surface area contributed by atoms with Gasteiger partial charge in [0.2, 0.25) is 5.91 Å². The van der Waals surface area contributed by atoms with Crippen LogP contribution in [0.15, 0.2) is 24.3 Å². The zero-order chi connectivity index (χ0) is 13.2. The van der Waals surface area contributed by atoms with Crippen LogP contribution in [0.25, 0.3) is 0 Å².